The van der Waals surface area contributed by atoms with Crippen LogP contribution in [0, 0.1) is 0 Å². The van der Waals surface area contributed by atoms with E-state index >= 15 is 0 Å². The van der Waals surface area contributed by atoms with E-state index < -0.39 is 5.92 Å². The molecule has 1 amide bonds. The van der Waals surface area contributed by atoms with Crippen LogP contribution in [0.1, 0.15) is 17.0 Å². The van der Waals surface area contributed by atoms with Gasteiger partial charge in [0.2, 0.25) is 5.91 Å². The largest absolute Gasteiger partial charge is 0.508 e. The molecule has 1 atom stereocenters. The number of carbonyl (C=O) groups excluding carboxylic acids is 1. The molecule has 3 aromatic rings. The van der Waals surface area contributed by atoms with Crippen LogP contribution in [0.25, 0.3) is 0 Å². The van der Waals surface area contributed by atoms with E-state index in [0.717, 1.165) is 16.8 Å². The third kappa shape index (κ3) is 2.20. The van der Waals surface area contributed by atoms with Gasteiger partial charge in [-0.05, 0) is 53.6 Å². The molecule has 0 aromatic heterocycles. The zero-order valence-corrected chi connectivity index (χ0v) is 12.8. The Labute approximate surface area is 139 Å². The summed E-state index contributed by atoms with van der Waals surface area (Å²) < 4.78 is 0. The van der Waals surface area contributed by atoms with Gasteiger partial charge in [-0.25, -0.2) is 0 Å². The van der Waals surface area contributed by atoms with Gasteiger partial charge < -0.3 is 10.2 Å². The molecule has 2 N–H and O–H groups in total. The van der Waals surface area contributed by atoms with Crippen LogP contribution in [0.15, 0.2) is 72.8 Å². The summed E-state index contributed by atoms with van der Waals surface area (Å²) in [6.45, 7) is 0. The Hall–Kier alpha value is -3.27. The number of carbonyl (C=O) groups is 1. The van der Waals surface area contributed by atoms with Crippen molar-refractivity contribution in [3.63, 3.8) is 0 Å². The lowest BCUT2D eigenvalue weighted by Crippen LogP contribution is -2.24. The number of aromatic hydroxyl groups is 2. The average molecular weight is 317 g/mol. The fourth-order valence-corrected chi connectivity index (χ4v) is 3.17. The van der Waals surface area contributed by atoms with E-state index in [1.165, 1.54) is 0 Å². The first-order valence-electron chi connectivity index (χ1n) is 7.66. The van der Waals surface area contributed by atoms with Gasteiger partial charge in [-0.1, -0.05) is 30.3 Å². The summed E-state index contributed by atoms with van der Waals surface area (Å²) in [7, 11) is 0. The zero-order chi connectivity index (χ0) is 16.7. The summed E-state index contributed by atoms with van der Waals surface area (Å²) in [4.78, 5) is 14.8. The standard InChI is InChI=1S/C20H15NO3/c22-15-9-5-13(6-10-15)19-17-3-1-2-4-18(17)21(20(19)24)14-7-11-16(23)12-8-14/h1-12,19,22-23H. The average Bonchev–Trinajstić information content (AvgIpc) is 2.89. The highest BCUT2D eigenvalue weighted by Gasteiger charge is 2.38. The Balaban J connectivity index is 1.85. The summed E-state index contributed by atoms with van der Waals surface area (Å²) >= 11 is 0. The van der Waals surface area contributed by atoms with Gasteiger partial charge in [0.05, 0.1) is 11.6 Å². The highest BCUT2D eigenvalue weighted by molar-refractivity contribution is 6.11. The highest BCUT2D eigenvalue weighted by Crippen LogP contribution is 2.45. The topological polar surface area (TPSA) is 60.8 Å². The van der Waals surface area contributed by atoms with E-state index in [4.69, 9.17) is 0 Å². The predicted molar refractivity (Wildman–Crippen MR) is 91.6 cm³/mol. The molecule has 0 aliphatic carbocycles. The minimum Gasteiger partial charge on any atom is -0.508 e. The molecular weight excluding hydrogens is 302 g/mol. The van der Waals surface area contributed by atoms with Crippen molar-refractivity contribution in [2.45, 2.75) is 5.92 Å². The summed E-state index contributed by atoms with van der Waals surface area (Å²) in [6.07, 6.45) is 0. The highest BCUT2D eigenvalue weighted by atomic mass is 16.3. The normalized spacial score (nSPS) is 16.2. The third-order valence-corrected chi connectivity index (χ3v) is 4.29. The molecule has 0 saturated carbocycles. The summed E-state index contributed by atoms with van der Waals surface area (Å²) in [5.74, 6) is -0.121. The molecule has 0 saturated heterocycles. The monoisotopic (exact) mass is 317 g/mol. The SMILES string of the molecule is O=C1C(c2ccc(O)cc2)c2ccccc2N1c1ccc(O)cc1. The Morgan fingerprint density at radius 1 is 0.750 bits per heavy atom. The molecule has 4 nitrogen and oxygen atoms in total. The van der Waals surface area contributed by atoms with Crippen LogP contribution >= 0.6 is 0 Å². The van der Waals surface area contributed by atoms with E-state index in [-0.39, 0.29) is 17.4 Å². The zero-order valence-electron chi connectivity index (χ0n) is 12.8. The van der Waals surface area contributed by atoms with Gasteiger partial charge in [0.25, 0.3) is 0 Å². The molecule has 1 heterocycles. The number of hydrogen-bond donors (Lipinski definition) is 2. The summed E-state index contributed by atoms with van der Waals surface area (Å²) in [5, 5.41) is 19.0. The quantitative estimate of drug-likeness (QED) is 0.753. The number of benzene rings is 3. The van der Waals surface area contributed by atoms with Crippen LogP contribution in [0.4, 0.5) is 11.4 Å². The van der Waals surface area contributed by atoms with Crippen molar-refractivity contribution in [1.29, 1.82) is 0 Å². The van der Waals surface area contributed by atoms with Crippen molar-refractivity contribution in [3.05, 3.63) is 83.9 Å². The van der Waals surface area contributed by atoms with Crippen molar-refractivity contribution in [3.8, 4) is 11.5 Å². The fraction of sp³-hybridized carbons (Fsp3) is 0.0500. The van der Waals surface area contributed by atoms with E-state index in [2.05, 4.69) is 0 Å². The molecule has 0 spiro atoms. The minimum atomic E-state index is -0.407. The Bertz CT molecular complexity index is 826. The maximum absolute atomic E-state index is 13.1. The van der Waals surface area contributed by atoms with Gasteiger partial charge in [-0.15, -0.1) is 0 Å². The van der Waals surface area contributed by atoms with Crippen LogP contribution in [-0.4, -0.2) is 16.1 Å². The van der Waals surface area contributed by atoms with Crippen molar-refractivity contribution in [1.82, 2.24) is 0 Å². The second-order valence-corrected chi connectivity index (χ2v) is 5.77. The van der Waals surface area contributed by atoms with Crippen LogP contribution in [-0.2, 0) is 4.79 Å². The second kappa shape index (κ2) is 5.42. The number of rotatable bonds is 2. The number of para-hydroxylation sites is 1. The lowest BCUT2D eigenvalue weighted by atomic mass is 9.92. The second-order valence-electron chi connectivity index (χ2n) is 5.77. The lowest BCUT2D eigenvalue weighted by molar-refractivity contribution is -0.117. The lowest BCUT2D eigenvalue weighted by Gasteiger charge is -2.18. The minimum absolute atomic E-state index is 0.0485. The molecule has 1 unspecified atom stereocenters. The number of hydrogen-bond acceptors (Lipinski definition) is 3. The van der Waals surface area contributed by atoms with Gasteiger partial charge >= 0.3 is 0 Å². The molecule has 4 heteroatoms. The van der Waals surface area contributed by atoms with Gasteiger partial charge in [0.1, 0.15) is 11.5 Å². The Morgan fingerprint density at radius 3 is 2.00 bits per heavy atom. The molecule has 0 bridgehead atoms. The molecule has 4 rings (SSSR count). The van der Waals surface area contributed by atoms with Gasteiger partial charge in [0, 0.05) is 5.69 Å². The smallest absolute Gasteiger partial charge is 0.243 e. The first-order chi connectivity index (χ1) is 11.6. The number of nitrogens with zero attached hydrogens (tertiary/aromatic N) is 1. The molecule has 0 fully saturated rings. The molecule has 24 heavy (non-hydrogen) atoms. The van der Waals surface area contributed by atoms with Gasteiger partial charge in [-0.2, -0.15) is 0 Å². The summed E-state index contributed by atoms with van der Waals surface area (Å²) in [5.41, 5.74) is 3.32. The summed E-state index contributed by atoms with van der Waals surface area (Å²) in [6, 6.07) is 21.0. The third-order valence-electron chi connectivity index (χ3n) is 4.29. The molecular formula is C20H15NO3. The van der Waals surface area contributed by atoms with Crippen LogP contribution in [0.5, 0.6) is 11.5 Å². The molecule has 118 valence electrons. The number of phenolic OH excluding ortho intramolecular Hbond substituents is 2. The van der Waals surface area contributed by atoms with E-state index in [9.17, 15) is 15.0 Å². The maximum Gasteiger partial charge on any atom is 0.243 e. The van der Waals surface area contributed by atoms with Crippen molar-refractivity contribution >= 4 is 17.3 Å². The number of amides is 1. The number of fused-ring (bicyclic) bond motifs is 1. The fourth-order valence-electron chi connectivity index (χ4n) is 3.17. The molecule has 0 radical (unpaired) electrons. The Kier molecular flexibility index (Phi) is 3.24. The molecule has 1 aliphatic rings. The van der Waals surface area contributed by atoms with Gasteiger partial charge in [-0.3, -0.25) is 9.69 Å². The van der Waals surface area contributed by atoms with Crippen molar-refractivity contribution in [2.75, 3.05) is 4.90 Å². The number of phenols is 2. The molecule has 3 aromatic carbocycles. The van der Waals surface area contributed by atoms with Crippen molar-refractivity contribution < 1.29 is 15.0 Å². The van der Waals surface area contributed by atoms with E-state index in [1.807, 2.05) is 24.3 Å². The van der Waals surface area contributed by atoms with E-state index in [1.54, 1.807) is 53.4 Å². The maximum atomic E-state index is 13.1. The van der Waals surface area contributed by atoms with Crippen LogP contribution in [0.3, 0.4) is 0 Å². The number of anilines is 2. The molecule has 1 aliphatic heterocycles. The van der Waals surface area contributed by atoms with Crippen molar-refractivity contribution in [2.24, 2.45) is 0 Å². The first-order valence-corrected chi connectivity index (χ1v) is 7.66. The first kappa shape index (κ1) is 14.3. The van der Waals surface area contributed by atoms with Crippen LogP contribution in [0.2, 0.25) is 0 Å². The van der Waals surface area contributed by atoms with E-state index in [0.29, 0.717) is 5.69 Å². The predicted octanol–water partition coefficient (Wildman–Crippen LogP) is 3.91. The van der Waals surface area contributed by atoms with Crippen LogP contribution < -0.4 is 4.90 Å². The van der Waals surface area contributed by atoms with Gasteiger partial charge in [0.15, 0.2) is 0 Å². The Morgan fingerprint density at radius 2 is 1.33 bits per heavy atom.